The molecule has 0 saturated carbocycles. The summed E-state index contributed by atoms with van der Waals surface area (Å²) in [5.41, 5.74) is 3.22. The van der Waals surface area contributed by atoms with Gasteiger partial charge in [-0.15, -0.1) is 0 Å². The number of esters is 1. The lowest BCUT2D eigenvalue weighted by Gasteiger charge is -2.09. The Labute approximate surface area is 145 Å². The number of imidazole rings is 1. The van der Waals surface area contributed by atoms with Gasteiger partial charge in [-0.25, -0.2) is 9.78 Å². The van der Waals surface area contributed by atoms with Crippen LogP contribution in [0.4, 0.5) is 0 Å². The van der Waals surface area contributed by atoms with E-state index < -0.39 is 0 Å². The Hall–Kier alpha value is -3.15. The van der Waals surface area contributed by atoms with Crippen LogP contribution >= 0.6 is 0 Å². The SMILES string of the molecule is COC(=O)c1ccc(CNC(=O)Cn2c(C)nc3ccccc32)cc1. The van der Waals surface area contributed by atoms with Crippen LogP contribution in [0.1, 0.15) is 21.7 Å². The second-order valence-electron chi connectivity index (χ2n) is 5.70. The molecule has 0 radical (unpaired) electrons. The maximum Gasteiger partial charge on any atom is 0.337 e. The molecule has 3 aromatic rings. The van der Waals surface area contributed by atoms with Gasteiger partial charge in [0, 0.05) is 6.54 Å². The maximum atomic E-state index is 12.3. The number of hydrogen-bond donors (Lipinski definition) is 1. The van der Waals surface area contributed by atoms with Crippen LogP contribution in [-0.2, 0) is 22.6 Å². The molecule has 0 fully saturated rings. The summed E-state index contributed by atoms with van der Waals surface area (Å²) in [4.78, 5) is 28.1. The van der Waals surface area contributed by atoms with Crippen molar-refractivity contribution in [1.82, 2.24) is 14.9 Å². The number of aryl methyl sites for hydroxylation is 1. The number of nitrogens with zero attached hydrogens (tertiary/aromatic N) is 2. The molecule has 0 atom stereocenters. The molecule has 3 rings (SSSR count). The van der Waals surface area contributed by atoms with Gasteiger partial charge in [0.2, 0.25) is 5.91 Å². The van der Waals surface area contributed by atoms with E-state index in [1.54, 1.807) is 24.3 Å². The first-order valence-corrected chi connectivity index (χ1v) is 7.94. The van der Waals surface area contributed by atoms with E-state index >= 15 is 0 Å². The van der Waals surface area contributed by atoms with Crippen molar-refractivity contribution in [3.05, 3.63) is 65.5 Å². The summed E-state index contributed by atoms with van der Waals surface area (Å²) in [6, 6.07) is 14.7. The Balaban J connectivity index is 1.63. The van der Waals surface area contributed by atoms with Crippen molar-refractivity contribution < 1.29 is 14.3 Å². The Morgan fingerprint density at radius 1 is 1.12 bits per heavy atom. The molecule has 1 N–H and O–H groups in total. The Bertz CT molecular complexity index is 913. The van der Waals surface area contributed by atoms with E-state index in [-0.39, 0.29) is 18.4 Å². The fourth-order valence-electron chi connectivity index (χ4n) is 2.67. The van der Waals surface area contributed by atoms with Gasteiger partial charge >= 0.3 is 5.97 Å². The number of rotatable bonds is 5. The number of fused-ring (bicyclic) bond motifs is 1. The molecule has 2 aromatic carbocycles. The van der Waals surface area contributed by atoms with Crippen molar-refractivity contribution in [3.63, 3.8) is 0 Å². The summed E-state index contributed by atoms with van der Waals surface area (Å²) in [6.45, 7) is 2.50. The predicted molar refractivity (Wildman–Crippen MR) is 94.1 cm³/mol. The number of nitrogens with one attached hydrogen (secondary N) is 1. The van der Waals surface area contributed by atoms with Gasteiger partial charge < -0.3 is 14.6 Å². The smallest absolute Gasteiger partial charge is 0.337 e. The molecule has 1 heterocycles. The third kappa shape index (κ3) is 3.68. The molecule has 0 aliphatic carbocycles. The van der Waals surface area contributed by atoms with Crippen LogP contribution in [0.15, 0.2) is 48.5 Å². The average Bonchev–Trinajstić information content (AvgIpc) is 2.95. The highest BCUT2D eigenvalue weighted by Crippen LogP contribution is 2.15. The topological polar surface area (TPSA) is 73.2 Å². The van der Waals surface area contributed by atoms with Crippen LogP contribution in [0.3, 0.4) is 0 Å². The van der Waals surface area contributed by atoms with Crippen molar-refractivity contribution in [2.45, 2.75) is 20.0 Å². The standard InChI is InChI=1S/C19H19N3O3/c1-13-21-16-5-3-4-6-17(16)22(13)12-18(23)20-11-14-7-9-15(10-8-14)19(24)25-2/h3-10H,11-12H2,1-2H3,(H,20,23). The van der Waals surface area contributed by atoms with Crippen molar-refractivity contribution in [2.75, 3.05) is 7.11 Å². The summed E-state index contributed by atoms with van der Waals surface area (Å²) >= 11 is 0. The zero-order valence-corrected chi connectivity index (χ0v) is 14.2. The highest BCUT2D eigenvalue weighted by atomic mass is 16.5. The molecule has 0 saturated heterocycles. The van der Waals surface area contributed by atoms with E-state index in [4.69, 9.17) is 0 Å². The van der Waals surface area contributed by atoms with Crippen molar-refractivity contribution in [1.29, 1.82) is 0 Å². The number of benzene rings is 2. The normalized spacial score (nSPS) is 10.6. The second-order valence-corrected chi connectivity index (χ2v) is 5.70. The Morgan fingerprint density at radius 3 is 2.56 bits per heavy atom. The van der Waals surface area contributed by atoms with Crippen molar-refractivity contribution in [3.8, 4) is 0 Å². The summed E-state index contributed by atoms with van der Waals surface area (Å²) in [6.07, 6.45) is 0. The van der Waals surface area contributed by atoms with Gasteiger partial charge in [0.1, 0.15) is 12.4 Å². The Morgan fingerprint density at radius 2 is 1.84 bits per heavy atom. The van der Waals surface area contributed by atoms with Gasteiger partial charge in [0.25, 0.3) is 0 Å². The van der Waals surface area contributed by atoms with E-state index in [2.05, 4.69) is 15.0 Å². The third-order valence-corrected chi connectivity index (χ3v) is 4.01. The summed E-state index contributed by atoms with van der Waals surface area (Å²) < 4.78 is 6.56. The summed E-state index contributed by atoms with van der Waals surface area (Å²) in [5.74, 6) is 0.333. The van der Waals surface area contributed by atoms with E-state index in [1.807, 2.05) is 35.8 Å². The highest BCUT2D eigenvalue weighted by Gasteiger charge is 2.10. The average molecular weight is 337 g/mol. The molecule has 128 valence electrons. The van der Waals surface area contributed by atoms with Gasteiger partial charge in [-0.3, -0.25) is 4.79 Å². The molecule has 0 aliphatic heterocycles. The van der Waals surface area contributed by atoms with Gasteiger partial charge in [0.15, 0.2) is 0 Å². The molecule has 1 amide bonds. The lowest BCUT2D eigenvalue weighted by Crippen LogP contribution is -2.27. The minimum atomic E-state index is -0.377. The molecular weight excluding hydrogens is 318 g/mol. The fourth-order valence-corrected chi connectivity index (χ4v) is 2.67. The largest absolute Gasteiger partial charge is 0.465 e. The molecule has 0 aliphatic rings. The lowest BCUT2D eigenvalue weighted by molar-refractivity contribution is -0.121. The first-order chi connectivity index (χ1) is 12.1. The minimum Gasteiger partial charge on any atom is -0.465 e. The molecule has 25 heavy (non-hydrogen) atoms. The lowest BCUT2D eigenvalue weighted by atomic mass is 10.1. The van der Waals surface area contributed by atoms with E-state index in [1.165, 1.54) is 7.11 Å². The summed E-state index contributed by atoms with van der Waals surface area (Å²) in [5, 5.41) is 2.89. The molecule has 0 spiro atoms. The van der Waals surface area contributed by atoms with E-state index in [9.17, 15) is 9.59 Å². The number of carbonyl (C=O) groups is 2. The molecule has 6 nitrogen and oxygen atoms in total. The molecular formula is C19H19N3O3. The van der Waals surface area contributed by atoms with Crippen LogP contribution in [0, 0.1) is 6.92 Å². The van der Waals surface area contributed by atoms with Crippen LogP contribution in [0.5, 0.6) is 0 Å². The number of hydrogen-bond acceptors (Lipinski definition) is 4. The number of methoxy groups -OCH3 is 1. The van der Waals surface area contributed by atoms with Gasteiger partial charge in [-0.05, 0) is 36.8 Å². The van der Waals surface area contributed by atoms with Crippen LogP contribution in [0.25, 0.3) is 11.0 Å². The number of para-hydroxylation sites is 2. The molecule has 6 heteroatoms. The number of ether oxygens (including phenoxy) is 1. The van der Waals surface area contributed by atoms with E-state index in [0.717, 1.165) is 22.4 Å². The third-order valence-electron chi connectivity index (χ3n) is 4.01. The quantitative estimate of drug-likeness (QED) is 0.726. The second kappa shape index (κ2) is 7.17. The first kappa shape index (κ1) is 16.7. The van der Waals surface area contributed by atoms with Crippen LogP contribution < -0.4 is 5.32 Å². The molecule has 1 aromatic heterocycles. The zero-order chi connectivity index (χ0) is 17.8. The van der Waals surface area contributed by atoms with Gasteiger partial charge in [-0.1, -0.05) is 24.3 Å². The highest BCUT2D eigenvalue weighted by molar-refractivity contribution is 5.89. The number of carbonyl (C=O) groups excluding carboxylic acids is 2. The maximum absolute atomic E-state index is 12.3. The monoisotopic (exact) mass is 337 g/mol. The molecule has 0 unspecified atom stereocenters. The van der Waals surface area contributed by atoms with Crippen LogP contribution in [-0.4, -0.2) is 28.5 Å². The van der Waals surface area contributed by atoms with E-state index in [0.29, 0.717) is 12.1 Å². The fraction of sp³-hybridized carbons (Fsp3) is 0.211. The van der Waals surface area contributed by atoms with Crippen molar-refractivity contribution >= 4 is 22.9 Å². The number of aromatic nitrogens is 2. The molecule has 0 bridgehead atoms. The summed E-state index contributed by atoms with van der Waals surface area (Å²) in [7, 11) is 1.35. The van der Waals surface area contributed by atoms with Crippen molar-refractivity contribution in [2.24, 2.45) is 0 Å². The zero-order valence-electron chi connectivity index (χ0n) is 14.2. The van der Waals surface area contributed by atoms with Crippen LogP contribution in [0.2, 0.25) is 0 Å². The minimum absolute atomic E-state index is 0.0942. The first-order valence-electron chi connectivity index (χ1n) is 7.94. The van der Waals surface area contributed by atoms with Gasteiger partial charge in [-0.2, -0.15) is 0 Å². The predicted octanol–water partition coefficient (Wildman–Crippen LogP) is 2.45. The Kier molecular flexibility index (Phi) is 4.79. The van der Waals surface area contributed by atoms with Gasteiger partial charge in [0.05, 0.1) is 23.7 Å². The number of amides is 1.